The molecule has 6 heteroatoms. The zero-order chi connectivity index (χ0) is 20.8. The lowest BCUT2D eigenvalue weighted by molar-refractivity contribution is 0.102. The van der Waals surface area contributed by atoms with Crippen molar-refractivity contribution in [3.63, 3.8) is 0 Å². The van der Waals surface area contributed by atoms with E-state index in [1.165, 1.54) is 0 Å². The summed E-state index contributed by atoms with van der Waals surface area (Å²) in [4.78, 5) is 21.6. The molecule has 29 heavy (non-hydrogen) atoms. The maximum absolute atomic E-state index is 12.8. The first-order valence-corrected chi connectivity index (χ1v) is 9.59. The first-order valence-electron chi connectivity index (χ1n) is 9.59. The van der Waals surface area contributed by atoms with E-state index >= 15 is 0 Å². The summed E-state index contributed by atoms with van der Waals surface area (Å²) >= 11 is 0. The highest BCUT2D eigenvalue weighted by atomic mass is 16.5. The predicted molar refractivity (Wildman–Crippen MR) is 116 cm³/mol. The number of ether oxygens (including phenoxy) is 1. The van der Waals surface area contributed by atoms with Crippen molar-refractivity contribution >= 4 is 17.5 Å². The van der Waals surface area contributed by atoms with E-state index in [0.29, 0.717) is 29.8 Å². The van der Waals surface area contributed by atoms with Gasteiger partial charge in [-0.05, 0) is 36.6 Å². The van der Waals surface area contributed by atoms with Crippen LogP contribution in [0.5, 0.6) is 5.75 Å². The van der Waals surface area contributed by atoms with Crippen LogP contribution >= 0.6 is 0 Å². The van der Waals surface area contributed by atoms with Gasteiger partial charge >= 0.3 is 0 Å². The van der Waals surface area contributed by atoms with Gasteiger partial charge in [0.05, 0.1) is 7.11 Å². The number of benzene rings is 2. The fourth-order valence-corrected chi connectivity index (χ4v) is 3.09. The first-order chi connectivity index (χ1) is 14.0. The lowest BCUT2D eigenvalue weighted by atomic mass is 10.0. The van der Waals surface area contributed by atoms with Crippen LogP contribution in [0.25, 0.3) is 0 Å². The standard InChI is InChI=1S/C23H26N4O2/c1-15(2)18-10-6-7-11-19(18)26-22(28)20-13-16(3)25-23(27-20)24-14-17-9-5-8-12-21(17)29-4/h5-13,15H,14H2,1-4H3,(H,26,28)(H,24,25,27). The third-order valence-electron chi connectivity index (χ3n) is 4.55. The molecule has 3 aromatic rings. The first kappa shape index (κ1) is 20.3. The molecule has 2 N–H and O–H groups in total. The van der Waals surface area contributed by atoms with Gasteiger partial charge < -0.3 is 15.4 Å². The quantitative estimate of drug-likeness (QED) is 0.607. The van der Waals surface area contributed by atoms with Crippen LogP contribution in [0.1, 0.15) is 47.1 Å². The Hall–Kier alpha value is -3.41. The number of carbonyl (C=O) groups excluding carboxylic acids is 1. The van der Waals surface area contributed by atoms with Crippen molar-refractivity contribution in [2.24, 2.45) is 0 Å². The van der Waals surface area contributed by atoms with Crippen LogP contribution in [0, 0.1) is 6.92 Å². The minimum Gasteiger partial charge on any atom is -0.496 e. The molecule has 150 valence electrons. The van der Waals surface area contributed by atoms with Gasteiger partial charge in [-0.15, -0.1) is 0 Å². The lowest BCUT2D eigenvalue weighted by Gasteiger charge is -2.14. The molecule has 1 aromatic heterocycles. The van der Waals surface area contributed by atoms with Gasteiger partial charge in [-0.2, -0.15) is 0 Å². The molecule has 0 spiro atoms. The van der Waals surface area contributed by atoms with Gasteiger partial charge in [0.15, 0.2) is 0 Å². The van der Waals surface area contributed by atoms with Gasteiger partial charge in [0.1, 0.15) is 11.4 Å². The Morgan fingerprint density at radius 3 is 2.55 bits per heavy atom. The van der Waals surface area contributed by atoms with E-state index in [1.54, 1.807) is 13.2 Å². The molecule has 0 atom stereocenters. The number of aryl methyl sites for hydroxylation is 1. The van der Waals surface area contributed by atoms with Crippen LogP contribution in [-0.4, -0.2) is 23.0 Å². The van der Waals surface area contributed by atoms with Crippen molar-refractivity contribution in [3.8, 4) is 5.75 Å². The molecule has 0 fully saturated rings. The van der Waals surface area contributed by atoms with Gasteiger partial charge in [-0.25, -0.2) is 9.97 Å². The normalized spacial score (nSPS) is 10.7. The lowest BCUT2D eigenvalue weighted by Crippen LogP contribution is -2.17. The van der Waals surface area contributed by atoms with E-state index in [2.05, 4.69) is 34.4 Å². The van der Waals surface area contributed by atoms with Gasteiger partial charge in [0.2, 0.25) is 5.95 Å². The van der Waals surface area contributed by atoms with E-state index < -0.39 is 0 Å². The van der Waals surface area contributed by atoms with E-state index in [4.69, 9.17) is 4.74 Å². The molecule has 6 nitrogen and oxygen atoms in total. The van der Waals surface area contributed by atoms with Crippen LogP contribution in [0.4, 0.5) is 11.6 Å². The molecule has 1 heterocycles. The molecule has 0 aliphatic heterocycles. The summed E-state index contributed by atoms with van der Waals surface area (Å²) in [5.41, 5.74) is 3.90. The van der Waals surface area contributed by atoms with Crippen LogP contribution < -0.4 is 15.4 Å². The maximum Gasteiger partial charge on any atom is 0.274 e. The summed E-state index contributed by atoms with van der Waals surface area (Å²) in [6.45, 7) is 6.53. The number of hydrogen-bond donors (Lipinski definition) is 2. The predicted octanol–water partition coefficient (Wildman–Crippen LogP) is 4.78. The average molecular weight is 390 g/mol. The molecule has 2 aromatic carbocycles. The smallest absolute Gasteiger partial charge is 0.274 e. The second-order valence-electron chi connectivity index (χ2n) is 7.08. The molecule has 0 saturated heterocycles. The average Bonchev–Trinajstić information content (AvgIpc) is 2.72. The van der Waals surface area contributed by atoms with Crippen molar-refractivity contribution in [2.45, 2.75) is 33.2 Å². The van der Waals surface area contributed by atoms with Gasteiger partial charge in [0.25, 0.3) is 5.91 Å². The fraction of sp³-hybridized carbons (Fsp3) is 0.261. The summed E-state index contributed by atoms with van der Waals surface area (Å²) in [5.74, 6) is 1.23. The Morgan fingerprint density at radius 2 is 1.79 bits per heavy atom. The summed E-state index contributed by atoms with van der Waals surface area (Å²) < 4.78 is 5.37. The van der Waals surface area contributed by atoms with Gasteiger partial charge in [-0.1, -0.05) is 50.2 Å². The SMILES string of the molecule is COc1ccccc1CNc1nc(C)cc(C(=O)Nc2ccccc2C(C)C)n1. The molecule has 0 bridgehead atoms. The molecule has 0 saturated carbocycles. The minimum atomic E-state index is -0.260. The Bertz CT molecular complexity index is 1000. The number of methoxy groups -OCH3 is 1. The summed E-state index contributed by atoms with van der Waals surface area (Å²) in [6, 6.07) is 17.2. The van der Waals surface area contributed by atoms with Crippen molar-refractivity contribution in [1.29, 1.82) is 0 Å². The number of nitrogens with zero attached hydrogens (tertiary/aromatic N) is 2. The number of rotatable bonds is 7. The van der Waals surface area contributed by atoms with Crippen molar-refractivity contribution in [3.05, 3.63) is 77.1 Å². The monoisotopic (exact) mass is 390 g/mol. The third-order valence-corrected chi connectivity index (χ3v) is 4.55. The summed E-state index contributed by atoms with van der Waals surface area (Å²) in [6.07, 6.45) is 0. The molecule has 3 rings (SSSR count). The summed E-state index contributed by atoms with van der Waals surface area (Å²) in [7, 11) is 1.64. The number of amides is 1. The zero-order valence-electron chi connectivity index (χ0n) is 17.2. The Morgan fingerprint density at radius 1 is 1.07 bits per heavy atom. The Balaban J connectivity index is 1.77. The van der Waals surface area contributed by atoms with Crippen LogP contribution in [0.3, 0.4) is 0 Å². The highest BCUT2D eigenvalue weighted by molar-refractivity contribution is 6.03. The third kappa shape index (κ3) is 5.10. The molecule has 0 aliphatic rings. The zero-order valence-corrected chi connectivity index (χ0v) is 17.2. The van der Waals surface area contributed by atoms with Crippen molar-refractivity contribution in [2.75, 3.05) is 17.7 Å². The number of hydrogen-bond acceptors (Lipinski definition) is 5. The highest BCUT2D eigenvalue weighted by Crippen LogP contribution is 2.24. The number of nitrogens with one attached hydrogen (secondary N) is 2. The maximum atomic E-state index is 12.8. The number of para-hydroxylation sites is 2. The van der Waals surface area contributed by atoms with E-state index in [0.717, 1.165) is 22.6 Å². The molecular weight excluding hydrogens is 364 g/mol. The highest BCUT2D eigenvalue weighted by Gasteiger charge is 2.14. The number of anilines is 2. The Kier molecular flexibility index (Phi) is 6.44. The minimum absolute atomic E-state index is 0.260. The van der Waals surface area contributed by atoms with Crippen LogP contribution in [0.15, 0.2) is 54.6 Å². The largest absolute Gasteiger partial charge is 0.496 e. The van der Waals surface area contributed by atoms with E-state index in [-0.39, 0.29) is 5.91 Å². The fourth-order valence-electron chi connectivity index (χ4n) is 3.09. The topological polar surface area (TPSA) is 76.1 Å². The number of aromatic nitrogens is 2. The van der Waals surface area contributed by atoms with Gasteiger partial charge in [0, 0.05) is 23.5 Å². The van der Waals surface area contributed by atoms with Crippen molar-refractivity contribution < 1.29 is 9.53 Å². The molecule has 0 radical (unpaired) electrons. The van der Waals surface area contributed by atoms with Crippen LogP contribution in [0.2, 0.25) is 0 Å². The second kappa shape index (κ2) is 9.19. The molecule has 1 amide bonds. The number of carbonyl (C=O) groups is 1. The second-order valence-corrected chi connectivity index (χ2v) is 7.08. The van der Waals surface area contributed by atoms with E-state index in [9.17, 15) is 4.79 Å². The Labute approximate surface area is 171 Å². The van der Waals surface area contributed by atoms with Crippen LogP contribution in [-0.2, 0) is 6.54 Å². The van der Waals surface area contributed by atoms with Crippen molar-refractivity contribution in [1.82, 2.24) is 9.97 Å². The van der Waals surface area contributed by atoms with Gasteiger partial charge in [-0.3, -0.25) is 4.79 Å². The molecule has 0 aliphatic carbocycles. The molecule has 0 unspecified atom stereocenters. The molecular formula is C23H26N4O2. The summed E-state index contributed by atoms with van der Waals surface area (Å²) in [5, 5.41) is 6.16. The van der Waals surface area contributed by atoms with E-state index in [1.807, 2.05) is 55.5 Å².